The number of aryl methyl sites for hydroxylation is 1. The van der Waals surface area contributed by atoms with Crippen molar-refractivity contribution in [2.75, 3.05) is 6.54 Å². The number of hydrogen-bond donors (Lipinski definition) is 1. The monoisotopic (exact) mass is 393 g/mol. The molecule has 8 heteroatoms. The Hall–Kier alpha value is -2.48. The average molecular weight is 394 g/mol. The van der Waals surface area contributed by atoms with Crippen LogP contribution < -0.4 is 10.9 Å². The molecule has 1 aromatic heterocycles. The van der Waals surface area contributed by atoms with Crippen LogP contribution in [0.3, 0.4) is 0 Å². The second-order valence-corrected chi connectivity index (χ2v) is 6.07. The zero-order chi connectivity index (χ0) is 17.5. The molecule has 1 amide bonds. The van der Waals surface area contributed by atoms with E-state index in [1.807, 2.05) is 6.07 Å². The highest BCUT2D eigenvalue weighted by Crippen LogP contribution is 2.11. The van der Waals surface area contributed by atoms with E-state index >= 15 is 0 Å². The van der Waals surface area contributed by atoms with Crippen molar-refractivity contribution in [3.05, 3.63) is 73.1 Å². The maximum absolute atomic E-state index is 11.9. The third-order valence-electron chi connectivity index (χ3n) is 3.38. The van der Waals surface area contributed by atoms with Crippen molar-refractivity contribution >= 4 is 27.5 Å². The van der Waals surface area contributed by atoms with Crippen LogP contribution >= 0.6 is 15.9 Å². The molecule has 0 fully saturated rings. The molecule has 0 atom stereocenters. The normalized spacial score (nSPS) is 10.4. The molecular weight excluding hydrogens is 378 g/mol. The number of hydrogen-bond acceptors (Lipinski definition) is 4. The van der Waals surface area contributed by atoms with E-state index in [1.54, 1.807) is 18.2 Å². The molecule has 0 bridgehead atoms. The summed E-state index contributed by atoms with van der Waals surface area (Å²) in [5.74, 6) is -0.163. The zero-order valence-corrected chi connectivity index (χ0v) is 14.4. The number of carbonyl (C=O) groups is 1. The number of amides is 1. The molecule has 7 nitrogen and oxygen atoms in total. The number of carbonyl (C=O) groups excluding carboxylic acids is 1. The van der Waals surface area contributed by atoms with Crippen molar-refractivity contribution in [2.24, 2.45) is 0 Å². The first-order chi connectivity index (χ1) is 11.5. The predicted molar refractivity (Wildman–Crippen MR) is 93.1 cm³/mol. The molecule has 24 heavy (non-hydrogen) atoms. The predicted octanol–water partition coefficient (Wildman–Crippen LogP) is 2.73. The summed E-state index contributed by atoms with van der Waals surface area (Å²) in [5, 5.41) is 13.5. The van der Waals surface area contributed by atoms with Crippen LogP contribution in [0, 0.1) is 10.1 Å². The van der Waals surface area contributed by atoms with Gasteiger partial charge in [0, 0.05) is 35.3 Å². The van der Waals surface area contributed by atoms with Gasteiger partial charge in [-0.3, -0.25) is 19.7 Å². The fourth-order valence-corrected chi connectivity index (χ4v) is 2.54. The average Bonchev–Trinajstić information content (AvgIpc) is 2.55. The minimum Gasteiger partial charge on any atom is -0.352 e. The summed E-state index contributed by atoms with van der Waals surface area (Å²) in [6.45, 7) is 0.836. The molecule has 0 spiro atoms. The molecule has 0 aliphatic carbocycles. The Morgan fingerprint density at radius 2 is 2.04 bits per heavy atom. The second kappa shape index (κ2) is 8.39. The van der Waals surface area contributed by atoms with Crippen LogP contribution in [0.4, 0.5) is 5.69 Å². The highest BCUT2D eigenvalue weighted by atomic mass is 79.9. The molecule has 0 saturated carbocycles. The maximum atomic E-state index is 11.9. The molecule has 2 rings (SSSR count). The van der Waals surface area contributed by atoms with Crippen molar-refractivity contribution in [3.63, 3.8) is 0 Å². The smallest absolute Gasteiger partial charge is 0.285 e. The van der Waals surface area contributed by atoms with Crippen molar-refractivity contribution < 1.29 is 9.72 Å². The molecule has 0 radical (unpaired) electrons. The number of nitrogens with one attached hydrogen (secondary N) is 1. The molecule has 0 aliphatic rings. The maximum Gasteiger partial charge on any atom is 0.285 e. The molecule has 0 aliphatic heterocycles. The Labute approximate surface area is 146 Å². The van der Waals surface area contributed by atoms with E-state index in [0.29, 0.717) is 31.5 Å². The number of nitrogens with zero attached hydrogens (tertiary/aromatic N) is 2. The largest absolute Gasteiger partial charge is 0.352 e. The number of rotatable bonds is 7. The number of halogens is 1. The topological polar surface area (TPSA) is 94.2 Å². The summed E-state index contributed by atoms with van der Waals surface area (Å²) in [6.07, 6.45) is 2.52. The van der Waals surface area contributed by atoms with E-state index in [4.69, 9.17) is 0 Å². The lowest BCUT2D eigenvalue weighted by Gasteiger charge is -2.07. The van der Waals surface area contributed by atoms with E-state index < -0.39 is 4.92 Å². The molecule has 2 aromatic rings. The van der Waals surface area contributed by atoms with Gasteiger partial charge in [0.15, 0.2) is 0 Å². The summed E-state index contributed by atoms with van der Waals surface area (Å²) >= 11 is 3.31. The first-order valence-corrected chi connectivity index (χ1v) is 8.15. The van der Waals surface area contributed by atoms with Gasteiger partial charge in [-0.05, 0) is 31.0 Å². The number of unbranched alkanes of at least 4 members (excludes halogenated alkanes) is 1. The molecule has 0 unspecified atom stereocenters. The van der Waals surface area contributed by atoms with Crippen LogP contribution in [0.25, 0.3) is 0 Å². The van der Waals surface area contributed by atoms with E-state index in [0.717, 1.165) is 4.47 Å². The summed E-state index contributed by atoms with van der Waals surface area (Å²) < 4.78 is 2.15. The number of aromatic nitrogens is 1. The minimum absolute atomic E-state index is 0.113. The highest BCUT2D eigenvalue weighted by molar-refractivity contribution is 9.10. The van der Waals surface area contributed by atoms with Crippen LogP contribution in [0.1, 0.15) is 23.2 Å². The first-order valence-electron chi connectivity index (χ1n) is 7.36. The van der Waals surface area contributed by atoms with E-state index in [-0.39, 0.29) is 17.2 Å². The van der Waals surface area contributed by atoms with Crippen LogP contribution in [-0.4, -0.2) is 21.9 Å². The van der Waals surface area contributed by atoms with Gasteiger partial charge in [-0.2, -0.15) is 0 Å². The molecule has 1 N–H and O–H groups in total. The standard InChI is InChI=1S/C16H16BrN3O4/c17-13-5-3-4-12(10-13)16(22)18-8-1-2-9-19-11-14(20(23)24)6-7-15(19)21/h3-7,10-11H,1-2,8-9H2,(H,18,22). The molecule has 0 saturated heterocycles. The van der Waals surface area contributed by atoms with Gasteiger partial charge in [0.05, 0.1) is 11.1 Å². The van der Waals surface area contributed by atoms with Gasteiger partial charge >= 0.3 is 0 Å². The van der Waals surface area contributed by atoms with Crippen LogP contribution in [0.2, 0.25) is 0 Å². The molecule has 126 valence electrons. The van der Waals surface area contributed by atoms with Gasteiger partial charge in [-0.15, -0.1) is 0 Å². The van der Waals surface area contributed by atoms with Crippen LogP contribution in [0.15, 0.2) is 51.9 Å². The Kier molecular flexibility index (Phi) is 6.25. The van der Waals surface area contributed by atoms with E-state index in [2.05, 4.69) is 21.2 Å². The quantitative estimate of drug-likeness (QED) is 0.444. The number of pyridine rings is 1. The van der Waals surface area contributed by atoms with Crippen molar-refractivity contribution in [1.29, 1.82) is 0 Å². The van der Waals surface area contributed by atoms with Gasteiger partial charge in [-0.1, -0.05) is 22.0 Å². The van der Waals surface area contributed by atoms with Crippen molar-refractivity contribution in [3.8, 4) is 0 Å². The highest BCUT2D eigenvalue weighted by Gasteiger charge is 2.08. The van der Waals surface area contributed by atoms with E-state index in [1.165, 1.54) is 22.9 Å². The van der Waals surface area contributed by atoms with E-state index in [9.17, 15) is 19.7 Å². The third kappa shape index (κ3) is 5.02. The molecule has 1 heterocycles. The van der Waals surface area contributed by atoms with Gasteiger partial charge in [0.1, 0.15) is 0 Å². The van der Waals surface area contributed by atoms with Crippen molar-refractivity contribution in [2.45, 2.75) is 19.4 Å². The summed E-state index contributed by atoms with van der Waals surface area (Å²) in [5.41, 5.74) is 0.176. The lowest BCUT2D eigenvalue weighted by atomic mass is 10.2. The van der Waals surface area contributed by atoms with Gasteiger partial charge in [-0.25, -0.2) is 0 Å². The van der Waals surface area contributed by atoms with Gasteiger partial charge < -0.3 is 9.88 Å². The Balaban J connectivity index is 1.79. The first kappa shape index (κ1) is 17.9. The molecule has 1 aromatic carbocycles. The van der Waals surface area contributed by atoms with Gasteiger partial charge in [0.25, 0.3) is 17.2 Å². The fraction of sp³-hybridized carbons (Fsp3) is 0.250. The Morgan fingerprint density at radius 1 is 1.25 bits per heavy atom. The van der Waals surface area contributed by atoms with Crippen LogP contribution in [0.5, 0.6) is 0 Å². The minimum atomic E-state index is -0.534. The summed E-state index contributed by atoms with van der Waals surface area (Å²) in [4.78, 5) is 33.8. The Morgan fingerprint density at radius 3 is 2.75 bits per heavy atom. The Bertz CT molecular complexity index is 804. The molecular formula is C16H16BrN3O4. The van der Waals surface area contributed by atoms with Crippen LogP contribution in [-0.2, 0) is 6.54 Å². The number of nitro groups is 1. The van der Waals surface area contributed by atoms with Crippen molar-refractivity contribution in [1.82, 2.24) is 9.88 Å². The lowest BCUT2D eigenvalue weighted by Crippen LogP contribution is -2.25. The third-order valence-corrected chi connectivity index (χ3v) is 3.87. The van der Waals surface area contributed by atoms with Gasteiger partial charge in [0.2, 0.25) is 0 Å². The summed E-state index contributed by atoms with van der Waals surface area (Å²) in [6, 6.07) is 9.46. The lowest BCUT2D eigenvalue weighted by molar-refractivity contribution is -0.385. The number of benzene rings is 1. The fourth-order valence-electron chi connectivity index (χ4n) is 2.14. The second-order valence-electron chi connectivity index (χ2n) is 5.15. The zero-order valence-electron chi connectivity index (χ0n) is 12.8. The summed E-state index contributed by atoms with van der Waals surface area (Å²) in [7, 11) is 0. The SMILES string of the molecule is O=C(NCCCCn1cc([N+](=O)[O-])ccc1=O)c1cccc(Br)c1.